The molecule has 0 aromatic rings. The number of nitrogens with zero attached hydrogens (tertiary/aromatic N) is 1. The van der Waals surface area contributed by atoms with E-state index >= 15 is 0 Å². The van der Waals surface area contributed by atoms with Crippen LogP contribution in [0.15, 0.2) is 23.3 Å². The molecule has 1 amide bonds. The highest BCUT2D eigenvalue weighted by molar-refractivity contribution is 6.31. The SMILES string of the molecule is C=C/C(C(=O)N(C)OC)=C(\C)Cl. The zero-order valence-electron chi connectivity index (χ0n) is 7.43. The van der Waals surface area contributed by atoms with Gasteiger partial charge in [0, 0.05) is 12.1 Å². The lowest BCUT2D eigenvalue weighted by Gasteiger charge is -2.14. The number of halogens is 1. The van der Waals surface area contributed by atoms with Gasteiger partial charge in [0.05, 0.1) is 12.7 Å². The van der Waals surface area contributed by atoms with Crippen LogP contribution in [0, 0.1) is 0 Å². The summed E-state index contributed by atoms with van der Waals surface area (Å²) in [6.45, 7) is 5.10. The molecule has 3 nitrogen and oxygen atoms in total. The lowest BCUT2D eigenvalue weighted by Crippen LogP contribution is -2.26. The third-order valence-corrected chi connectivity index (χ3v) is 1.57. The van der Waals surface area contributed by atoms with Crippen molar-refractivity contribution in [2.45, 2.75) is 6.92 Å². The van der Waals surface area contributed by atoms with E-state index in [1.807, 2.05) is 0 Å². The average molecular weight is 190 g/mol. The molecule has 0 aliphatic carbocycles. The minimum Gasteiger partial charge on any atom is -0.274 e. The Labute approximate surface area is 77.2 Å². The Morgan fingerprint density at radius 3 is 2.42 bits per heavy atom. The van der Waals surface area contributed by atoms with Crippen LogP contribution in [0.25, 0.3) is 0 Å². The first kappa shape index (κ1) is 11.2. The van der Waals surface area contributed by atoms with Gasteiger partial charge in [-0.15, -0.1) is 0 Å². The highest BCUT2D eigenvalue weighted by Gasteiger charge is 2.13. The molecule has 0 fully saturated rings. The van der Waals surface area contributed by atoms with Gasteiger partial charge in [0.2, 0.25) is 0 Å². The summed E-state index contributed by atoms with van der Waals surface area (Å²) >= 11 is 5.65. The van der Waals surface area contributed by atoms with Crippen molar-refractivity contribution in [1.29, 1.82) is 0 Å². The van der Waals surface area contributed by atoms with Crippen molar-refractivity contribution in [3.8, 4) is 0 Å². The Balaban J connectivity index is 4.67. The molecule has 0 spiro atoms. The molecule has 0 atom stereocenters. The molecule has 0 N–H and O–H groups in total. The van der Waals surface area contributed by atoms with Gasteiger partial charge in [0.15, 0.2) is 0 Å². The zero-order chi connectivity index (χ0) is 9.72. The fraction of sp³-hybridized carbons (Fsp3) is 0.375. The lowest BCUT2D eigenvalue weighted by molar-refractivity contribution is -0.163. The molecule has 0 aromatic carbocycles. The van der Waals surface area contributed by atoms with Crippen LogP contribution >= 0.6 is 11.6 Å². The van der Waals surface area contributed by atoms with Gasteiger partial charge in [-0.3, -0.25) is 9.63 Å². The molecule has 68 valence electrons. The summed E-state index contributed by atoms with van der Waals surface area (Å²) in [6, 6.07) is 0. The van der Waals surface area contributed by atoms with E-state index in [4.69, 9.17) is 11.6 Å². The zero-order valence-corrected chi connectivity index (χ0v) is 8.18. The first-order chi connectivity index (χ1) is 5.54. The molecule has 0 aliphatic rings. The Kier molecular flexibility index (Phi) is 4.62. The molecule has 0 bridgehead atoms. The molecule has 0 saturated carbocycles. The fourth-order valence-electron chi connectivity index (χ4n) is 0.628. The number of amides is 1. The summed E-state index contributed by atoms with van der Waals surface area (Å²) in [5.41, 5.74) is 0.348. The van der Waals surface area contributed by atoms with Crippen molar-refractivity contribution in [1.82, 2.24) is 5.06 Å². The number of carbonyl (C=O) groups is 1. The van der Waals surface area contributed by atoms with Crippen molar-refractivity contribution in [2.24, 2.45) is 0 Å². The molecule has 12 heavy (non-hydrogen) atoms. The van der Waals surface area contributed by atoms with Crippen LogP contribution in [0.3, 0.4) is 0 Å². The largest absolute Gasteiger partial charge is 0.278 e. The van der Waals surface area contributed by atoms with Crippen LogP contribution in [0.4, 0.5) is 0 Å². The number of hydrogen-bond acceptors (Lipinski definition) is 2. The van der Waals surface area contributed by atoms with E-state index in [0.29, 0.717) is 10.6 Å². The highest BCUT2D eigenvalue weighted by atomic mass is 35.5. The van der Waals surface area contributed by atoms with Crippen molar-refractivity contribution in [2.75, 3.05) is 14.2 Å². The number of allylic oxidation sites excluding steroid dienone is 1. The summed E-state index contributed by atoms with van der Waals surface area (Å²) in [5, 5.41) is 1.49. The molecule has 0 rings (SSSR count). The average Bonchev–Trinajstić information content (AvgIpc) is 2.03. The standard InChI is InChI=1S/C8H12ClNO2/c1-5-7(6(2)9)8(11)10(3)12-4/h5H,1H2,2-4H3/b7-6-. The third-order valence-electron chi connectivity index (χ3n) is 1.37. The van der Waals surface area contributed by atoms with Crippen molar-refractivity contribution in [3.63, 3.8) is 0 Å². The first-order valence-corrected chi connectivity index (χ1v) is 3.73. The molecule has 0 heterocycles. The molecular weight excluding hydrogens is 178 g/mol. The van der Waals surface area contributed by atoms with Crippen LogP contribution < -0.4 is 0 Å². The van der Waals surface area contributed by atoms with E-state index in [1.54, 1.807) is 6.92 Å². The Hall–Kier alpha value is -0.800. The number of hydrogen-bond donors (Lipinski definition) is 0. The highest BCUT2D eigenvalue weighted by Crippen LogP contribution is 2.11. The van der Waals surface area contributed by atoms with E-state index in [1.165, 1.54) is 20.2 Å². The molecular formula is C8H12ClNO2. The normalized spacial score (nSPS) is 12.0. The quantitative estimate of drug-likeness (QED) is 0.384. The van der Waals surface area contributed by atoms with Gasteiger partial charge in [-0.1, -0.05) is 24.3 Å². The van der Waals surface area contributed by atoms with Gasteiger partial charge in [0.1, 0.15) is 0 Å². The minimum atomic E-state index is -0.306. The van der Waals surface area contributed by atoms with Gasteiger partial charge in [-0.25, -0.2) is 5.06 Å². The molecule has 0 saturated heterocycles. The summed E-state index contributed by atoms with van der Waals surface area (Å²) in [4.78, 5) is 16.0. The number of carbonyl (C=O) groups excluding carboxylic acids is 1. The van der Waals surface area contributed by atoms with E-state index < -0.39 is 0 Å². The second kappa shape index (κ2) is 4.95. The Bertz CT molecular complexity index is 219. The van der Waals surface area contributed by atoms with E-state index in [9.17, 15) is 4.79 Å². The topological polar surface area (TPSA) is 29.5 Å². The Morgan fingerprint density at radius 2 is 2.17 bits per heavy atom. The van der Waals surface area contributed by atoms with Crippen LogP contribution in [0.1, 0.15) is 6.92 Å². The molecule has 0 radical (unpaired) electrons. The van der Waals surface area contributed by atoms with Crippen molar-refractivity contribution in [3.05, 3.63) is 23.3 Å². The van der Waals surface area contributed by atoms with Gasteiger partial charge in [-0.05, 0) is 6.92 Å². The summed E-state index contributed by atoms with van der Waals surface area (Å²) in [7, 11) is 2.91. The monoisotopic (exact) mass is 189 g/mol. The predicted octanol–water partition coefficient (Wildman–Crippen LogP) is 1.70. The second-order valence-electron chi connectivity index (χ2n) is 2.14. The number of rotatable bonds is 3. The van der Waals surface area contributed by atoms with E-state index in [0.717, 1.165) is 5.06 Å². The van der Waals surface area contributed by atoms with Crippen LogP contribution in [0.5, 0.6) is 0 Å². The molecule has 0 unspecified atom stereocenters. The summed E-state index contributed by atoms with van der Waals surface area (Å²) in [6.07, 6.45) is 1.40. The summed E-state index contributed by atoms with van der Waals surface area (Å²) in [5.74, 6) is -0.306. The van der Waals surface area contributed by atoms with Gasteiger partial charge in [-0.2, -0.15) is 0 Å². The second-order valence-corrected chi connectivity index (χ2v) is 2.70. The minimum absolute atomic E-state index is 0.306. The van der Waals surface area contributed by atoms with E-state index in [2.05, 4.69) is 11.4 Å². The Morgan fingerprint density at radius 1 is 1.67 bits per heavy atom. The summed E-state index contributed by atoms with van der Waals surface area (Å²) < 4.78 is 0. The predicted molar refractivity (Wildman–Crippen MR) is 48.5 cm³/mol. The van der Waals surface area contributed by atoms with E-state index in [-0.39, 0.29) is 5.91 Å². The molecule has 0 aliphatic heterocycles. The van der Waals surface area contributed by atoms with Gasteiger partial charge in [0.25, 0.3) is 5.91 Å². The maximum atomic E-state index is 11.3. The van der Waals surface area contributed by atoms with Crippen molar-refractivity contribution < 1.29 is 9.63 Å². The first-order valence-electron chi connectivity index (χ1n) is 3.35. The van der Waals surface area contributed by atoms with Crippen LogP contribution in [-0.2, 0) is 9.63 Å². The number of likely N-dealkylation sites (N-methyl/N-ethyl adjacent to an activating group) is 1. The lowest BCUT2D eigenvalue weighted by atomic mass is 10.2. The maximum absolute atomic E-state index is 11.3. The molecule has 0 aromatic heterocycles. The van der Waals surface area contributed by atoms with Crippen molar-refractivity contribution >= 4 is 17.5 Å². The third kappa shape index (κ3) is 2.68. The molecule has 4 heteroatoms. The number of hydroxylamine groups is 2. The van der Waals surface area contributed by atoms with Gasteiger partial charge < -0.3 is 0 Å². The van der Waals surface area contributed by atoms with Crippen LogP contribution in [-0.4, -0.2) is 25.1 Å². The van der Waals surface area contributed by atoms with Gasteiger partial charge >= 0.3 is 0 Å². The smallest absolute Gasteiger partial charge is 0.274 e. The fourth-order valence-corrected chi connectivity index (χ4v) is 0.786. The van der Waals surface area contributed by atoms with Crippen LogP contribution in [0.2, 0.25) is 0 Å². The maximum Gasteiger partial charge on any atom is 0.278 e.